The number of furan rings is 1. The second kappa shape index (κ2) is 12.0. The van der Waals surface area contributed by atoms with Crippen molar-refractivity contribution in [3.05, 3.63) is 66.2 Å². The number of nitrogens with zero attached hydrogens (tertiary/aromatic N) is 3. The van der Waals surface area contributed by atoms with Crippen LogP contribution in [-0.4, -0.2) is 59.7 Å². The van der Waals surface area contributed by atoms with E-state index in [9.17, 15) is 14.4 Å². The number of hydrogen-bond acceptors (Lipinski definition) is 7. The highest BCUT2D eigenvalue weighted by atomic mass is 16.5. The molecule has 11 nitrogen and oxygen atoms in total. The SMILES string of the molecule is COc1cc2c(cc1OCCCC(=O)Nc1cc(CC(=O)Nc3ccc4occc4c3)n(C)c1)N=C[C@@H]1CCCN1C2=O. The van der Waals surface area contributed by atoms with E-state index in [0.29, 0.717) is 40.5 Å². The maximum atomic E-state index is 13.0. The van der Waals surface area contributed by atoms with Crippen LogP contribution in [0.15, 0.2) is 64.3 Å². The van der Waals surface area contributed by atoms with Crippen LogP contribution in [-0.2, 0) is 23.1 Å². The molecular formula is C32H33N5O6. The standard InChI is InChI=1S/C32H33N5O6/c1-36-19-22(14-24(36)15-31(39)34-21-7-8-27-20(13-21)9-12-43-27)35-30(38)6-4-11-42-29-17-26-25(16-28(29)41-2)32(40)37-10-3-5-23(37)18-33-26/h7-9,12-14,16-19,23H,3-6,10-11,15H2,1-2H3,(H,34,39)(H,35,38)/t23-/m0/s1. The third kappa shape index (κ3) is 6.11. The number of aliphatic imine (C=N–C) groups is 1. The minimum atomic E-state index is -0.164. The molecule has 0 radical (unpaired) electrons. The van der Waals surface area contributed by atoms with Gasteiger partial charge in [0.1, 0.15) is 5.58 Å². The van der Waals surface area contributed by atoms with Gasteiger partial charge in [-0.3, -0.25) is 19.4 Å². The molecule has 2 aliphatic heterocycles. The van der Waals surface area contributed by atoms with Crippen LogP contribution in [0.4, 0.5) is 17.1 Å². The summed E-state index contributed by atoms with van der Waals surface area (Å²) in [4.78, 5) is 44.7. The molecule has 0 bridgehead atoms. The average molecular weight is 584 g/mol. The molecular weight excluding hydrogens is 550 g/mol. The zero-order valence-corrected chi connectivity index (χ0v) is 24.1. The molecule has 4 heterocycles. The average Bonchev–Trinajstić information content (AvgIpc) is 3.72. The number of ether oxygens (including phenoxy) is 2. The number of anilines is 2. The van der Waals surface area contributed by atoms with E-state index < -0.39 is 0 Å². The summed E-state index contributed by atoms with van der Waals surface area (Å²) in [6.45, 7) is 1.00. The van der Waals surface area contributed by atoms with Gasteiger partial charge in [0, 0.05) is 55.3 Å². The van der Waals surface area contributed by atoms with Crippen LogP contribution in [0.1, 0.15) is 41.7 Å². The summed E-state index contributed by atoms with van der Waals surface area (Å²) in [5.41, 5.74) is 3.88. The van der Waals surface area contributed by atoms with E-state index in [2.05, 4.69) is 15.6 Å². The molecule has 2 N–H and O–H groups in total. The van der Waals surface area contributed by atoms with Crippen molar-refractivity contribution in [2.24, 2.45) is 12.0 Å². The number of aromatic nitrogens is 1. The molecule has 222 valence electrons. The van der Waals surface area contributed by atoms with Crippen molar-refractivity contribution < 1.29 is 28.3 Å². The summed E-state index contributed by atoms with van der Waals surface area (Å²) in [5, 5.41) is 6.71. The number of methoxy groups -OCH3 is 1. The van der Waals surface area contributed by atoms with Crippen molar-refractivity contribution >= 4 is 52.0 Å². The lowest BCUT2D eigenvalue weighted by Gasteiger charge is -2.20. The van der Waals surface area contributed by atoms with Crippen LogP contribution in [0.25, 0.3) is 11.0 Å². The van der Waals surface area contributed by atoms with Gasteiger partial charge in [0.05, 0.1) is 49.4 Å². The second-order valence-corrected chi connectivity index (χ2v) is 10.7. The minimum absolute atomic E-state index is 0.0233. The predicted molar refractivity (Wildman–Crippen MR) is 163 cm³/mol. The zero-order chi connectivity index (χ0) is 29.9. The molecule has 2 aromatic carbocycles. The van der Waals surface area contributed by atoms with Crippen molar-refractivity contribution in [1.82, 2.24) is 9.47 Å². The highest BCUT2D eigenvalue weighted by Crippen LogP contribution is 2.38. The predicted octanol–water partition coefficient (Wildman–Crippen LogP) is 5.08. The van der Waals surface area contributed by atoms with Gasteiger partial charge in [0.25, 0.3) is 5.91 Å². The number of carbonyl (C=O) groups is 3. The van der Waals surface area contributed by atoms with Crippen molar-refractivity contribution in [2.75, 3.05) is 30.9 Å². The highest BCUT2D eigenvalue weighted by Gasteiger charge is 2.32. The van der Waals surface area contributed by atoms with Crippen molar-refractivity contribution in [3.8, 4) is 11.5 Å². The molecule has 1 fully saturated rings. The molecule has 4 aromatic rings. The van der Waals surface area contributed by atoms with Crippen molar-refractivity contribution in [1.29, 1.82) is 0 Å². The Morgan fingerprint density at radius 3 is 2.79 bits per heavy atom. The topological polar surface area (TPSA) is 127 Å². The molecule has 6 rings (SSSR count). The molecule has 0 saturated carbocycles. The van der Waals surface area contributed by atoms with E-state index in [0.717, 1.165) is 36.0 Å². The fourth-order valence-electron chi connectivity index (χ4n) is 5.53. The Bertz CT molecular complexity index is 1720. The molecule has 11 heteroatoms. The maximum absolute atomic E-state index is 13.0. The molecule has 3 amide bonds. The van der Waals surface area contributed by atoms with E-state index in [-0.39, 0.29) is 43.2 Å². The summed E-state index contributed by atoms with van der Waals surface area (Å²) >= 11 is 0. The summed E-state index contributed by atoms with van der Waals surface area (Å²) in [5.74, 6) is 0.552. The third-order valence-corrected chi connectivity index (χ3v) is 7.73. The van der Waals surface area contributed by atoms with E-state index in [1.807, 2.05) is 40.9 Å². The van der Waals surface area contributed by atoms with Gasteiger partial charge in [-0.05, 0) is 55.7 Å². The summed E-state index contributed by atoms with van der Waals surface area (Å²) in [7, 11) is 3.36. The van der Waals surface area contributed by atoms with E-state index >= 15 is 0 Å². The molecule has 0 aliphatic carbocycles. The first-order valence-electron chi connectivity index (χ1n) is 14.3. The summed E-state index contributed by atoms with van der Waals surface area (Å²) in [6.07, 6.45) is 7.96. The van der Waals surface area contributed by atoms with Gasteiger partial charge in [0.15, 0.2) is 11.5 Å². The first-order chi connectivity index (χ1) is 20.9. The Hall–Kier alpha value is -5.06. The van der Waals surface area contributed by atoms with E-state index in [1.165, 1.54) is 7.11 Å². The maximum Gasteiger partial charge on any atom is 0.256 e. The minimum Gasteiger partial charge on any atom is -0.493 e. The van der Waals surface area contributed by atoms with Crippen LogP contribution in [0.5, 0.6) is 11.5 Å². The molecule has 43 heavy (non-hydrogen) atoms. The number of benzene rings is 2. The van der Waals surface area contributed by atoms with Crippen LogP contribution in [0, 0.1) is 0 Å². The zero-order valence-electron chi connectivity index (χ0n) is 24.1. The first kappa shape index (κ1) is 28.1. The van der Waals surface area contributed by atoms with Gasteiger partial charge in [-0.2, -0.15) is 0 Å². The molecule has 1 saturated heterocycles. The smallest absolute Gasteiger partial charge is 0.256 e. The quantitative estimate of drug-likeness (QED) is 0.251. The number of rotatable bonds is 10. The largest absolute Gasteiger partial charge is 0.493 e. The number of amides is 3. The normalized spacial score (nSPS) is 15.6. The third-order valence-electron chi connectivity index (χ3n) is 7.73. The van der Waals surface area contributed by atoms with Crippen LogP contribution in [0.2, 0.25) is 0 Å². The number of carbonyl (C=O) groups excluding carboxylic acids is 3. The van der Waals surface area contributed by atoms with Crippen LogP contribution < -0.4 is 20.1 Å². The number of aryl methyl sites for hydroxylation is 1. The van der Waals surface area contributed by atoms with E-state index in [4.69, 9.17) is 13.9 Å². The Morgan fingerprint density at radius 1 is 1.07 bits per heavy atom. The molecule has 1 atom stereocenters. The molecule has 2 aliphatic rings. The lowest BCUT2D eigenvalue weighted by molar-refractivity contribution is -0.116. The van der Waals surface area contributed by atoms with Crippen LogP contribution >= 0.6 is 0 Å². The summed E-state index contributed by atoms with van der Waals surface area (Å²) < 4.78 is 18.6. The fourth-order valence-corrected chi connectivity index (χ4v) is 5.53. The first-order valence-corrected chi connectivity index (χ1v) is 14.3. The van der Waals surface area contributed by atoms with Gasteiger partial charge >= 0.3 is 0 Å². The Morgan fingerprint density at radius 2 is 1.93 bits per heavy atom. The fraction of sp³-hybridized carbons (Fsp3) is 0.312. The Labute approximate surface area is 248 Å². The van der Waals surface area contributed by atoms with Crippen molar-refractivity contribution in [3.63, 3.8) is 0 Å². The summed E-state index contributed by atoms with van der Waals surface area (Å²) in [6, 6.07) is 12.5. The monoisotopic (exact) mass is 583 g/mol. The number of nitrogens with one attached hydrogen (secondary N) is 2. The highest BCUT2D eigenvalue weighted by molar-refractivity contribution is 6.03. The Balaban J connectivity index is 0.994. The molecule has 0 unspecified atom stereocenters. The van der Waals surface area contributed by atoms with Gasteiger partial charge < -0.3 is 34.0 Å². The van der Waals surface area contributed by atoms with Gasteiger partial charge in [-0.1, -0.05) is 0 Å². The Kier molecular flexibility index (Phi) is 7.86. The number of fused-ring (bicyclic) bond motifs is 3. The van der Waals surface area contributed by atoms with Gasteiger partial charge in [0.2, 0.25) is 11.8 Å². The van der Waals surface area contributed by atoms with Crippen LogP contribution in [0.3, 0.4) is 0 Å². The van der Waals surface area contributed by atoms with Gasteiger partial charge in [-0.15, -0.1) is 0 Å². The second-order valence-electron chi connectivity index (χ2n) is 10.7. The lowest BCUT2D eigenvalue weighted by Crippen LogP contribution is -2.35. The lowest BCUT2D eigenvalue weighted by atomic mass is 10.1. The van der Waals surface area contributed by atoms with Gasteiger partial charge in [-0.25, -0.2) is 0 Å². The number of hydrogen-bond donors (Lipinski definition) is 2. The van der Waals surface area contributed by atoms with E-state index in [1.54, 1.807) is 36.7 Å². The molecule has 2 aromatic heterocycles. The molecule has 0 spiro atoms. The van der Waals surface area contributed by atoms with Crippen molar-refractivity contribution in [2.45, 2.75) is 38.1 Å².